The predicted molar refractivity (Wildman–Crippen MR) is 55.1 cm³/mol. The van der Waals surface area contributed by atoms with Gasteiger partial charge in [0.25, 0.3) is 0 Å². The first-order chi connectivity index (χ1) is 6.40. The Kier molecular flexibility index (Phi) is 3.28. The minimum atomic E-state index is -3.58. The minimum Gasteiger partial charge on any atom is -0.214 e. The third-order valence-corrected chi connectivity index (χ3v) is 4.02. The topological polar surface area (TPSA) is 46.2 Å². The molecule has 0 spiro atoms. The molecule has 0 heterocycles. The Hall–Kier alpha value is -0.460. The number of sulfonamides is 1. The van der Waals surface area contributed by atoms with Gasteiger partial charge in [-0.2, -0.15) is 0 Å². The Morgan fingerprint density at radius 3 is 2.50 bits per heavy atom. The van der Waals surface area contributed by atoms with Gasteiger partial charge in [-0.3, -0.25) is 0 Å². The van der Waals surface area contributed by atoms with Crippen LogP contribution in [0.25, 0.3) is 0 Å². The molecule has 78 valence electrons. The van der Waals surface area contributed by atoms with Gasteiger partial charge in [-0.05, 0) is 42.0 Å². The fourth-order valence-corrected chi connectivity index (χ4v) is 2.42. The number of benzene rings is 1. The van der Waals surface area contributed by atoms with Crippen molar-refractivity contribution in [2.24, 2.45) is 0 Å². The van der Waals surface area contributed by atoms with E-state index >= 15 is 0 Å². The molecule has 0 amide bonds. The smallest absolute Gasteiger partial charge is 0.214 e. The zero-order valence-corrected chi connectivity index (χ0v) is 10.0. The first kappa shape index (κ1) is 11.6. The van der Waals surface area contributed by atoms with Gasteiger partial charge in [0, 0.05) is 5.56 Å². The highest BCUT2D eigenvalue weighted by Crippen LogP contribution is 2.24. The summed E-state index contributed by atoms with van der Waals surface area (Å²) in [5.74, 6) is -0.554. The van der Waals surface area contributed by atoms with Crippen molar-refractivity contribution in [1.29, 1.82) is 0 Å². The molecule has 0 unspecified atom stereocenters. The summed E-state index contributed by atoms with van der Waals surface area (Å²) < 4.78 is 38.5. The Labute approximate surface area is 90.5 Å². The third kappa shape index (κ3) is 1.97. The van der Waals surface area contributed by atoms with Crippen LogP contribution in [-0.2, 0) is 10.0 Å². The van der Waals surface area contributed by atoms with Gasteiger partial charge < -0.3 is 0 Å². The van der Waals surface area contributed by atoms with Crippen molar-refractivity contribution in [1.82, 2.24) is 4.72 Å². The fourth-order valence-electron chi connectivity index (χ4n) is 1.04. The summed E-state index contributed by atoms with van der Waals surface area (Å²) in [6.07, 6.45) is 0. The summed E-state index contributed by atoms with van der Waals surface area (Å²) in [7, 11) is -2.29. The SMILES string of the molecule is CNS(=O)(=O)c1ccc(Br)c(F)c1C. The van der Waals surface area contributed by atoms with Crippen molar-refractivity contribution in [3.05, 3.63) is 28.0 Å². The van der Waals surface area contributed by atoms with Gasteiger partial charge in [0.15, 0.2) is 0 Å². The second-order valence-electron chi connectivity index (χ2n) is 2.69. The maximum atomic E-state index is 13.3. The lowest BCUT2D eigenvalue weighted by molar-refractivity contribution is 0.578. The molecule has 1 aromatic carbocycles. The standard InChI is InChI=1S/C8H9BrFNO2S/c1-5-7(14(12,13)11-2)4-3-6(9)8(5)10/h3-4,11H,1-2H3. The van der Waals surface area contributed by atoms with Gasteiger partial charge in [-0.25, -0.2) is 17.5 Å². The summed E-state index contributed by atoms with van der Waals surface area (Å²) in [4.78, 5) is -0.0410. The lowest BCUT2D eigenvalue weighted by Gasteiger charge is -2.07. The molecule has 0 saturated heterocycles. The Balaban J connectivity index is 3.47. The highest BCUT2D eigenvalue weighted by atomic mass is 79.9. The van der Waals surface area contributed by atoms with Crippen LogP contribution >= 0.6 is 15.9 Å². The monoisotopic (exact) mass is 281 g/mol. The van der Waals surface area contributed by atoms with Gasteiger partial charge in [0.2, 0.25) is 10.0 Å². The Morgan fingerprint density at radius 2 is 2.00 bits per heavy atom. The first-order valence-corrected chi connectivity index (χ1v) is 6.06. The van der Waals surface area contributed by atoms with E-state index in [0.29, 0.717) is 0 Å². The Bertz CT molecular complexity index is 459. The van der Waals surface area contributed by atoms with Crippen molar-refractivity contribution < 1.29 is 12.8 Å². The molecular formula is C8H9BrFNO2S. The van der Waals surface area contributed by atoms with Gasteiger partial charge in [-0.1, -0.05) is 0 Å². The molecule has 1 aromatic rings. The van der Waals surface area contributed by atoms with Crippen LogP contribution in [0.3, 0.4) is 0 Å². The quantitative estimate of drug-likeness (QED) is 0.899. The van der Waals surface area contributed by atoms with Crippen molar-refractivity contribution in [3.63, 3.8) is 0 Å². The molecule has 0 aliphatic heterocycles. The molecular weight excluding hydrogens is 273 g/mol. The van der Waals surface area contributed by atoms with Crippen molar-refractivity contribution in [3.8, 4) is 0 Å². The molecule has 1 N–H and O–H groups in total. The average molecular weight is 282 g/mol. The highest BCUT2D eigenvalue weighted by Gasteiger charge is 2.18. The van der Waals surface area contributed by atoms with E-state index in [4.69, 9.17) is 0 Å². The van der Waals surface area contributed by atoms with Crippen LogP contribution in [0.1, 0.15) is 5.56 Å². The van der Waals surface area contributed by atoms with Gasteiger partial charge >= 0.3 is 0 Å². The molecule has 0 radical (unpaired) electrons. The van der Waals surface area contributed by atoms with E-state index in [2.05, 4.69) is 20.7 Å². The van der Waals surface area contributed by atoms with Crippen molar-refractivity contribution in [2.75, 3.05) is 7.05 Å². The zero-order chi connectivity index (χ0) is 10.9. The molecule has 0 saturated carbocycles. The summed E-state index contributed by atoms with van der Waals surface area (Å²) in [6.45, 7) is 1.42. The van der Waals surface area contributed by atoms with Crippen LogP contribution in [0, 0.1) is 12.7 Å². The predicted octanol–water partition coefficient (Wildman–Crippen LogP) is 1.80. The number of hydrogen-bond acceptors (Lipinski definition) is 2. The molecule has 0 fully saturated rings. The second kappa shape index (κ2) is 3.96. The zero-order valence-electron chi connectivity index (χ0n) is 7.64. The maximum absolute atomic E-state index is 13.3. The van der Waals surface area contributed by atoms with E-state index in [0.717, 1.165) is 0 Å². The first-order valence-electron chi connectivity index (χ1n) is 3.78. The molecule has 0 aliphatic carbocycles. The second-order valence-corrected chi connectivity index (χ2v) is 5.40. The van der Waals surface area contributed by atoms with Crippen LogP contribution < -0.4 is 4.72 Å². The molecule has 14 heavy (non-hydrogen) atoms. The maximum Gasteiger partial charge on any atom is 0.240 e. The van der Waals surface area contributed by atoms with E-state index in [1.165, 1.54) is 26.1 Å². The van der Waals surface area contributed by atoms with Gasteiger partial charge in [-0.15, -0.1) is 0 Å². The van der Waals surface area contributed by atoms with Crippen LogP contribution in [0.15, 0.2) is 21.5 Å². The van der Waals surface area contributed by atoms with Gasteiger partial charge in [0.1, 0.15) is 5.82 Å². The molecule has 6 heteroatoms. The van der Waals surface area contributed by atoms with Crippen molar-refractivity contribution in [2.45, 2.75) is 11.8 Å². The third-order valence-electron chi connectivity index (χ3n) is 1.85. The summed E-state index contributed by atoms with van der Waals surface area (Å²) >= 11 is 2.98. The number of nitrogens with one attached hydrogen (secondary N) is 1. The molecule has 0 atom stereocenters. The number of hydrogen-bond donors (Lipinski definition) is 1. The minimum absolute atomic E-state index is 0.0410. The van der Waals surface area contributed by atoms with Crippen LogP contribution in [-0.4, -0.2) is 15.5 Å². The molecule has 0 bridgehead atoms. The Morgan fingerprint density at radius 1 is 1.43 bits per heavy atom. The molecule has 0 aliphatic rings. The number of halogens is 2. The molecule has 3 nitrogen and oxygen atoms in total. The summed E-state index contributed by atoms with van der Waals surface area (Å²) in [5, 5.41) is 0. The largest absolute Gasteiger partial charge is 0.240 e. The van der Waals surface area contributed by atoms with Crippen LogP contribution in [0.4, 0.5) is 4.39 Å². The van der Waals surface area contributed by atoms with Crippen LogP contribution in [0.5, 0.6) is 0 Å². The highest BCUT2D eigenvalue weighted by molar-refractivity contribution is 9.10. The molecule has 1 rings (SSSR count). The number of rotatable bonds is 2. The van der Waals surface area contributed by atoms with Gasteiger partial charge in [0.05, 0.1) is 9.37 Å². The van der Waals surface area contributed by atoms with Crippen molar-refractivity contribution >= 4 is 26.0 Å². The van der Waals surface area contributed by atoms with Crippen LogP contribution in [0.2, 0.25) is 0 Å². The van der Waals surface area contributed by atoms with E-state index in [9.17, 15) is 12.8 Å². The molecule has 0 aromatic heterocycles. The lowest BCUT2D eigenvalue weighted by atomic mass is 10.2. The van der Waals surface area contributed by atoms with E-state index in [-0.39, 0.29) is 14.9 Å². The summed E-state index contributed by atoms with van der Waals surface area (Å²) in [5.41, 5.74) is 0.105. The fraction of sp³-hybridized carbons (Fsp3) is 0.250. The average Bonchev–Trinajstić information content (AvgIpc) is 2.14. The van der Waals surface area contributed by atoms with E-state index in [1.807, 2.05) is 0 Å². The van der Waals surface area contributed by atoms with E-state index < -0.39 is 15.8 Å². The summed E-state index contributed by atoms with van der Waals surface area (Å²) in [6, 6.07) is 2.72. The van der Waals surface area contributed by atoms with E-state index in [1.54, 1.807) is 0 Å². The lowest BCUT2D eigenvalue weighted by Crippen LogP contribution is -2.20. The normalized spacial score (nSPS) is 11.7.